The highest BCUT2D eigenvalue weighted by atomic mass is 19.4. The predicted molar refractivity (Wildman–Crippen MR) is 49.4 cm³/mol. The lowest BCUT2D eigenvalue weighted by Crippen LogP contribution is -2.48. The summed E-state index contributed by atoms with van der Waals surface area (Å²) in [4.78, 5) is 12.7. The quantitative estimate of drug-likeness (QED) is 0.675. The first kappa shape index (κ1) is 11.9. The second-order valence-corrected chi connectivity index (χ2v) is 3.48. The van der Waals surface area contributed by atoms with E-state index < -0.39 is 18.8 Å². The van der Waals surface area contributed by atoms with Crippen molar-refractivity contribution in [2.75, 3.05) is 13.1 Å². The van der Waals surface area contributed by atoms with Crippen molar-refractivity contribution < 1.29 is 18.0 Å². The van der Waals surface area contributed by atoms with E-state index in [0.29, 0.717) is 13.0 Å². The molecule has 0 aromatic carbocycles. The highest BCUT2D eigenvalue weighted by molar-refractivity contribution is 5.74. The van der Waals surface area contributed by atoms with Gasteiger partial charge in [-0.25, -0.2) is 4.79 Å². The van der Waals surface area contributed by atoms with Crippen LogP contribution in [0.25, 0.3) is 0 Å². The molecule has 0 aliphatic carbocycles. The van der Waals surface area contributed by atoms with Crippen molar-refractivity contribution in [3.8, 4) is 0 Å². The second kappa shape index (κ2) is 4.55. The zero-order valence-electron chi connectivity index (χ0n) is 8.34. The average molecular weight is 222 g/mol. The Labute approximate surface area is 85.9 Å². The Kier molecular flexibility index (Phi) is 3.60. The van der Waals surface area contributed by atoms with Crippen LogP contribution in [0.1, 0.15) is 13.3 Å². The highest BCUT2D eigenvalue weighted by Gasteiger charge is 2.29. The van der Waals surface area contributed by atoms with Crippen LogP contribution in [0.5, 0.6) is 0 Å². The van der Waals surface area contributed by atoms with Crippen LogP contribution in [-0.4, -0.2) is 36.2 Å². The van der Waals surface area contributed by atoms with E-state index in [1.54, 1.807) is 13.0 Å². The van der Waals surface area contributed by atoms with Gasteiger partial charge in [0.1, 0.15) is 6.54 Å². The molecule has 3 nitrogen and oxygen atoms in total. The maximum absolute atomic E-state index is 11.8. The Morgan fingerprint density at radius 2 is 2.20 bits per heavy atom. The molecule has 0 saturated heterocycles. The predicted octanol–water partition coefficient (Wildman–Crippen LogP) is 1.91. The zero-order valence-corrected chi connectivity index (χ0v) is 8.34. The van der Waals surface area contributed by atoms with Gasteiger partial charge in [-0.2, -0.15) is 13.2 Å². The summed E-state index contributed by atoms with van der Waals surface area (Å²) >= 11 is 0. The third kappa shape index (κ3) is 3.81. The normalized spacial score (nSPS) is 21.6. The van der Waals surface area contributed by atoms with E-state index in [-0.39, 0.29) is 6.04 Å². The van der Waals surface area contributed by atoms with Crippen molar-refractivity contribution in [3.05, 3.63) is 12.2 Å². The van der Waals surface area contributed by atoms with Crippen LogP contribution in [-0.2, 0) is 0 Å². The summed E-state index contributed by atoms with van der Waals surface area (Å²) < 4.78 is 35.5. The van der Waals surface area contributed by atoms with Gasteiger partial charge in [0.25, 0.3) is 0 Å². The topological polar surface area (TPSA) is 32.3 Å². The number of carbonyl (C=O) groups excluding carboxylic acids is 1. The first-order valence-electron chi connectivity index (χ1n) is 4.66. The molecule has 1 heterocycles. The van der Waals surface area contributed by atoms with E-state index in [4.69, 9.17) is 0 Å². The number of halogens is 3. The molecule has 0 aromatic heterocycles. The van der Waals surface area contributed by atoms with Crippen LogP contribution in [0.15, 0.2) is 12.2 Å². The summed E-state index contributed by atoms with van der Waals surface area (Å²) in [7, 11) is 0. The molecular weight excluding hydrogens is 209 g/mol. The molecule has 1 unspecified atom stereocenters. The number of nitrogens with zero attached hydrogens (tertiary/aromatic N) is 1. The fourth-order valence-corrected chi connectivity index (χ4v) is 1.35. The van der Waals surface area contributed by atoms with E-state index in [1.165, 1.54) is 4.90 Å². The van der Waals surface area contributed by atoms with Gasteiger partial charge < -0.3 is 10.2 Å². The molecular formula is C9H13F3N2O. The van der Waals surface area contributed by atoms with Crippen LogP contribution in [0, 0.1) is 0 Å². The van der Waals surface area contributed by atoms with Crippen LogP contribution < -0.4 is 5.32 Å². The lowest BCUT2D eigenvalue weighted by atomic mass is 10.1. The number of carbonyl (C=O) groups is 1. The standard InChI is InChI=1S/C9H13F3N2O/c1-7-4-2-3-5-14(7)8(15)13-6-9(10,11)12/h2-3,7H,4-6H2,1H3,(H,13,15). The molecule has 0 saturated carbocycles. The van der Waals surface area contributed by atoms with Crippen molar-refractivity contribution in [1.29, 1.82) is 0 Å². The molecule has 0 radical (unpaired) electrons. The molecule has 1 aliphatic rings. The van der Waals surface area contributed by atoms with Crippen LogP contribution in [0.4, 0.5) is 18.0 Å². The number of alkyl halides is 3. The SMILES string of the molecule is CC1CC=CCN1C(=O)NCC(F)(F)F. The lowest BCUT2D eigenvalue weighted by molar-refractivity contribution is -0.123. The minimum absolute atomic E-state index is 0.0526. The minimum atomic E-state index is -4.36. The van der Waals surface area contributed by atoms with E-state index in [2.05, 4.69) is 0 Å². The number of urea groups is 1. The number of amides is 2. The largest absolute Gasteiger partial charge is 0.405 e. The third-order valence-electron chi connectivity index (χ3n) is 2.18. The van der Waals surface area contributed by atoms with Gasteiger partial charge in [-0.1, -0.05) is 12.2 Å². The van der Waals surface area contributed by atoms with Crippen molar-refractivity contribution in [3.63, 3.8) is 0 Å². The fraction of sp³-hybridized carbons (Fsp3) is 0.667. The van der Waals surface area contributed by atoms with Gasteiger partial charge in [0.15, 0.2) is 0 Å². The summed E-state index contributed by atoms with van der Waals surface area (Å²) in [5.41, 5.74) is 0. The van der Waals surface area contributed by atoms with Gasteiger partial charge in [0.05, 0.1) is 0 Å². The Morgan fingerprint density at radius 3 is 2.73 bits per heavy atom. The lowest BCUT2D eigenvalue weighted by Gasteiger charge is -2.30. The molecule has 1 rings (SSSR count). The second-order valence-electron chi connectivity index (χ2n) is 3.48. The highest BCUT2D eigenvalue weighted by Crippen LogP contribution is 2.14. The molecule has 0 spiro atoms. The number of rotatable bonds is 1. The van der Waals surface area contributed by atoms with E-state index in [0.717, 1.165) is 0 Å². The van der Waals surface area contributed by atoms with E-state index in [1.807, 2.05) is 11.4 Å². The molecule has 1 atom stereocenters. The number of hydrogen-bond acceptors (Lipinski definition) is 1. The van der Waals surface area contributed by atoms with E-state index >= 15 is 0 Å². The van der Waals surface area contributed by atoms with Gasteiger partial charge >= 0.3 is 12.2 Å². The van der Waals surface area contributed by atoms with E-state index in [9.17, 15) is 18.0 Å². The summed E-state index contributed by atoms with van der Waals surface area (Å²) in [6, 6.07) is -0.715. The summed E-state index contributed by atoms with van der Waals surface area (Å²) in [6.07, 6.45) is 0.00926. The molecule has 0 aromatic rings. The van der Waals surface area contributed by atoms with Gasteiger partial charge in [-0.05, 0) is 13.3 Å². The van der Waals surface area contributed by atoms with Crippen LogP contribution in [0.3, 0.4) is 0 Å². The maximum atomic E-state index is 11.8. The Hall–Kier alpha value is -1.20. The maximum Gasteiger partial charge on any atom is 0.405 e. The van der Waals surface area contributed by atoms with Crippen molar-refractivity contribution in [2.45, 2.75) is 25.6 Å². The minimum Gasteiger partial charge on any atom is -0.329 e. The Morgan fingerprint density at radius 1 is 1.53 bits per heavy atom. The first-order chi connectivity index (χ1) is 6.90. The first-order valence-corrected chi connectivity index (χ1v) is 4.66. The summed E-state index contributed by atoms with van der Waals surface area (Å²) in [5, 5.41) is 1.85. The van der Waals surface area contributed by atoms with Crippen molar-refractivity contribution >= 4 is 6.03 Å². The Balaban J connectivity index is 2.43. The molecule has 86 valence electrons. The summed E-state index contributed by atoms with van der Waals surface area (Å²) in [6.45, 7) is 0.889. The molecule has 0 fully saturated rings. The number of nitrogens with one attached hydrogen (secondary N) is 1. The molecule has 0 bridgehead atoms. The summed E-state index contributed by atoms with van der Waals surface area (Å²) in [5.74, 6) is 0. The van der Waals surface area contributed by atoms with Crippen LogP contribution >= 0.6 is 0 Å². The number of hydrogen-bond donors (Lipinski definition) is 1. The van der Waals surface area contributed by atoms with Crippen LogP contribution in [0.2, 0.25) is 0 Å². The van der Waals surface area contributed by atoms with Gasteiger partial charge in [-0.3, -0.25) is 0 Å². The molecule has 6 heteroatoms. The molecule has 1 aliphatic heterocycles. The average Bonchev–Trinajstić information content (AvgIpc) is 2.14. The monoisotopic (exact) mass is 222 g/mol. The fourth-order valence-electron chi connectivity index (χ4n) is 1.35. The zero-order chi connectivity index (χ0) is 11.5. The van der Waals surface area contributed by atoms with Crippen molar-refractivity contribution in [2.24, 2.45) is 0 Å². The van der Waals surface area contributed by atoms with Gasteiger partial charge in [-0.15, -0.1) is 0 Å². The van der Waals surface area contributed by atoms with Crippen molar-refractivity contribution in [1.82, 2.24) is 10.2 Å². The van der Waals surface area contributed by atoms with Gasteiger partial charge in [0, 0.05) is 12.6 Å². The third-order valence-corrected chi connectivity index (χ3v) is 2.18. The Bertz CT molecular complexity index is 263. The molecule has 15 heavy (non-hydrogen) atoms. The smallest absolute Gasteiger partial charge is 0.329 e. The molecule has 2 amide bonds. The van der Waals surface area contributed by atoms with Gasteiger partial charge in [0.2, 0.25) is 0 Å². The molecule has 1 N–H and O–H groups in total.